The molecule has 1 aromatic heterocycles. The maximum atomic E-state index is 11.4. The molecule has 1 aliphatic heterocycles. The van der Waals surface area contributed by atoms with E-state index in [1.54, 1.807) is 4.90 Å². The molecule has 1 aromatic rings. The first kappa shape index (κ1) is 11.4. The van der Waals surface area contributed by atoms with Gasteiger partial charge in [0.25, 0.3) is 0 Å². The normalized spacial score (nSPS) is 18.4. The second kappa shape index (κ2) is 4.40. The molecule has 6 nitrogen and oxygen atoms in total. The minimum atomic E-state index is -1.01. The molecule has 6 heteroatoms. The highest BCUT2D eigenvalue weighted by Crippen LogP contribution is 2.25. The number of carboxylic acid groups (broad SMARTS) is 1. The van der Waals surface area contributed by atoms with Crippen LogP contribution in [0.1, 0.15) is 16.8 Å². The molecule has 0 bridgehead atoms. The molecule has 2 rings (SSSR count). The van der Waals surface area contributed by atoms with Crippen LogP contribution in [0.4, 0.5) is 5.82 Å². The summed E-state index contributed by atoms with van der Waals surface area (Å²) in [5, 5.41) is 8.87. The molecule has 90 valence electrons. The van der Waals surface area contributed by atoms with Gasteiger partial charge in [-0.3, -0.25) is 0 Å². The number of esters is 1. The summed E-state index contributed by atoms with van der Waals surface area (Å²) in [6.45, 7) is 0.676. The van der Waals surface area contributed by atoms with E-state index < -0.39 is 5.97 Å². The molecular weight excluding hydrogens is 224 g/mol. The van der Waals surface area contributed by atoms with Crippen LogP contribution in [0.2, 0.25) is 0 Å². The summed E-state index contributed by atoms with van der Waals surface area (Å²) in [5.41, 5.74) is 0.158. The van der Waals surface area contributed by atoms with Crippen LogP contribution < -0.4 is 4.90 Å². The van der Waals surface area contributed by atoms with E-state index in [1.165, 1.54) is 25.4 Å². The van der Waals surface area contributed by atoms with Gasteiger partial charge in [-0.1, -0.05) is 0 Å². The number of aromatic nitrogens is 1. The van der Waals surface area contributed by atoms with E-state index in [-0.39, 0.29) is 17.6 Å². The van der Waals surface area contributed by atoms with Crippen LogP contribution in [0, 0.1) is 0 Å². The lowest BCUT2D eigenvalue weighted by molar-refractivity contribution is -0.143. The Kier molecular flexibility index (Phi) is 2.95. The van der Waals surface area contributed by atoms with Gasteiger partial charge in [0.05, 0.1) is 12.7 Å². The SMILES string of the molecule is COC(=O)C1CCN1c1cc(C(=O)O)ccn1. The molecular formula is C11H12N2O4. The molecule has 0 aromatic carbocycles. The summed E-state index contributed by atoms with van der Waals surface area (Å²) in [6, 6.07) is 2.52. The first-order chi connectivity index (χ1) is 8.13. The van der Waals surface area contributed by atoms with Gasteiger partial charge in [0.2, 0.25) is 0 Å². The van der Waals surface area contributed by atoms with Crippen LogP contribution in [-0.4, -0.2) is 41.7 Å². The Morgan fingerprint density at radius 1 is 1.59 bits per heavy atom. The van der Waals surface area contributed by atoms with Gasteiger partial charge < -0.3 is 14.7 Å². The number of carbonyl (C=O) groups is 2. The third-order valence-electron chi connectivity index (χ3n) is 2.78. The average molecular weight is 236 g/mol. The monoisotopic (exact) mass is 236 g/mol. The molecule has 0 radical (unpaired) electrons. The van der Waals surface area contributed by atoms with E-state index in [1.807, 2.05) is 0 Å². The predicted molar refractivity (Wildman–Crippen MR) is 59.0 cm³/mol. The average Bonchev–Trinajstić information content (AvgIpc) is 2.27. The van der Waals surface area contributed by atoms with E-state index in [0.29, 0.717) is 18.8 Å². The van der Waals surface area contributed by atoms with Gasteiger partial charge in [0.15, 0.2) is 0 Å². The van der Waals surface area contributed by atoms with Crippen LogP contribution in [0.3, 0.4) is 0 Å². The van der Waals surface area contributed by atoms with Gasteiger partial charge in [-0.15, -0.1) is 0 Å². The molecule has 2 heterocycles. The number of rotatable bonds is 3. The standard InChI is InChI=1S/C11H12N2O4/c1-17-11(16)8-3-5-13(8)9-6-7(10(14)15)2-4-12-9/h2,4,6,8H,3,5H2,1H3,(H,14,15). The minimum absolute atomic E-state index is 0.158. The number of ether oxygens (including phenoxy) is 1. The quantitative estimate of drug-likeness (QED) is 0.771. The van der Waals surface area contributed by atoms with Gasteiger partial charge in [-0.25, -0.2) is 14.6 Å². The van der Waals surface area contributed by atoms with Crippen molar-refractivity contribution in [2.75, 3.05) is 18.6 Å². The van der Waals surface area contributed by atoms with Crippen LogP contribution in [-0.2, 0) is 9.53 Å². The fourth-order valence-electron chi connectivity index (χ4n) is 1.75. The van der Waals surface area contributed by atoms with Crippen molar-refractivity contribution in [2.45, 2.75) is 12.5 Å². The van der Waals surface area contributed by atoms with E-state index in [2.05, 4.69) is 9.72 Å². The van der Waals surface area contributed by atoms with E-state index in [9.17, 15) is 9.59 Å². The number of carbonyl (C=O) groups excluding carboxylic acids is 1. The van der Waals surface area contributed by atoms with Crippen molar-refractivity contribution in [1.82, 2.24) is 4.98 Å². The maximum absolute atomic E-state index is 11.4. The summed E-state index contributed by atoms with van der Waals surface area (Å²) in [4.78, 5) is 28.0. The second-order valence-electron chi connectivity index (χ2n) is 3.73. The zero-order chi connectivity index (χ0) is 12.4. The zero-order valence-electron chi connectivity index (χ0n) is 9.29. The van der Waals surface area contributed by atoms with Crippen LogP contribution in [0.5, 0.6) is 0 Å². The summed E-state index contributed by atoms with van der Waals surface area (Å²) in [6.07, 6.45) is 2.12. The Morgan fingerprint density at radius 2 is 2.35 bits per heavy atom. The molecule has 0 spiro atoms. The Bertz CT molecular complexity index is 461. The topological polar surface area (TPSA) is 79.7 Å². The van der Waals surface area contributed by atoms with Gasteiger partial charge in [0.1, 0.15) is 11.9 Å². The third-order valence-corrected chi connectivity index (χ3v) is 2.78. The Morgan fingerprint density at radius 3 is 2.88 bits per heavy atom. The lowest BCUT2D eigenvalue weighted by Gasteiger charge is -2.39. The Balaban J connectivity index is 2.20. The number of methoxy groups -OCH3 is 1. The third kappa shape index (κ3) is 2.06. The largest absolute Gasteiger partial charge is 0.478 e. The van der Waals surface area contributed by atoms with E-state index in [4.69, 9.17) is 5.11 Å². The van der Waals surface area contributed by atoms with Crippen LogP contribution >= 0.6 is 0 Å². The summed E-state index contributed by atoms with van der Waals surface area (Å²) >= 11 is 0. The van der Waals surface area contributed by atoms with Crippen molar-refractivity contribution in [2.24, 2.45) is 0 Å². The highest BCUT2D eigenvalue weighted by Gasteiger charge is 2.36. The van der Waals surface area contributed by atoms with Crippen molar-refractivity contribution in [1.29, 1.82) is 0 Å². The van der Waals surface area contributed by atoms with Gasteiger partial charge in [0, 0.05) is 12.7 Å². The van der Waals surface area contributed by atoms with Crippen molar-refractivity contribution < 1.29 is 19.4 Å². The number of pyridine rings is 1. The molecule has 1 aliphatic rings. The molecule has 1 fully saturated rings. The lowest BCUT2D eigenvalue weighted by Crippen LogP contribution is -2.53. The van der Waals surface area contributed by atoms with Crippen LogP contribution in [0.25, 0.3) is 0 Å². The summed E-state index contributed by atoms with van der Waals surface area (Å²) < 4.78 is 4.66. The first-order valence-corrected chi connectivity index (χ1v) is 5.17. The first-order valence-electron chi connectivity index (χ1n) is 5.17. The van der Waals surface area contributed by atoms with Gasteiger partial charge in [-0.05, 0) is 18.6 Å². The molecule has 0 amide bonds. The maximum Gasteiger partial charge on any atom is 0.335 e. The molecule has 1 saturated heterocycles. The highest BCUT2D eigenvalue weighted by atomic mass is 16.5. The van der Waals surface area contributed by atoms with Crippen molar-refractivity contribution in [3.63, 3.8) is 0 Å². The number of hydrogen-bond donors (Lipinski definition) is 1. The van der Waals surface area contributed by atoms with Crippen LogP contribution in [0.15, 0.2) is 18.3 Å². The molecule has 1 unspecified atom stereocenters. The lowest BCUT2D eigenvalue weighted by atomic mass is 10.0. The fourth-order valence-corrected chi connectivity index (χ4v) is 1.75. The predicted octanol–water partition coefficient (Wildman–Crippen LogP) is 0.531. The molecule has 0 saturated carbocycles. The molecule has 0 aliphatic carbocycles. The Labute approximate surface area is 97.8 Å². The fraction of sp³-hybridized carbons (Fsp3) is 0.364. The van der Waals surface area contributed by atoms with Crippen molar-refractivity contribution >= 4 is 17.8 Å². The molecule has 1 atom stereocenters. The zero-order valence-corrected chi connectivity index (χ0v) is 9.29. The van der Waals surface area contributed by atoms with Gasteiger partial charge in [-0.2, -0.15) is 0 Å². The number of aromatic carboxylic acids is 1. The molecule has 1 N–H and O–H groups in total. The smallest absolute Gasteiger partial charge is 0.335 e. The van der Waals surface area contributed by atoms with E-state index in [0.717, 1.165) is 0 Å². The van der Waals surface area contributed by atoms with Gasteiger partial charge >= 0.3 is 11.9 Å². The summed E-state index contributed by atoms with van der Waals surface area (Å²) in [7, 11) is 1.33. The van der Waals surface area contributed by atoms with Crippen molar-refractivity contribution in [3.8, 4) is 0 Å². The highest BCUT2D eigenvalue weighted by molar-refractivity contribution is 5.89. The number of hydrogen-bond acceptors (Lipinski definition) is 5. The minimum Gasteiger partial charge on any atom is -0.478 e. The molecule has 17 heavy (non-hydrogen) atoms. The summed E-state index contributed by atoms with van der Waals surface area (Å²) in [5.74, 6) is -0.839. The second-order valence-corrected chi connectivity index (χ2v) is 3.73. The number of carboxylic acids is 1. The van der Waals surface area contributed by atoms with Crippen molar-refractivity contribution in [3.05, 3.63) is 23.9 Å². The van der Waals surface area contributed by atoms with E-state index >= 15 is 0 Å². The number of anilines is 1. The number of nitrogens with zero attached hydrogens (tertiary/aromatic N) is 2. The Hall–Kier alpha value is -2.11.